The number of ketones is 2. The van der Waals surface area contributed by atoms with E-state index in [4.69, 9.17) is 9.40 Å². The standard InChI is InChI=1S/C29H22N2O3/c1-29(2,3)31-23-16-24(17-9-5-4-6-10-17)34-28(23)30-25(31)15-22-26(32)20-13-18-11-7-8-12-19(18)14-21(20)27(22)33/h4-16H,1-3H3. The van der Waals surface area contributed by atoms with E-state index in [1.165, 1.54) is 0 Å². The van der Waals surface area contributed by atoms with Gasteiger partial charge in [-0.25, -0.2) is 0 Å². The Bertz CT molecular complexity index is 1600. The predicted molar refractivity (Wildman–Crippen MR) is 133 cm³/mol. The molecule has 0 amide bonds. The van der Waals surface area contributed by atoms with Gasteiger partial charge in [-0.15, -0.1) is 0 Å². The Balaban J connectivity index is 1.50. The van der Waals surface area contributed by atoms with E-state index in [2.05, 4.69) is 20.8 Å². The van der Waals surface area contributed by atoms with Crippen molar-refractivity contribution < 1.29 is 14.0 Å². The lowest BCUT2D eigenvalue weighted by Crippen LogP contribution is -2.23. The molecule has 1 aliphatic carbocycles. The number of furan rings is 1. The van der Waals surface area contributed by atoms with E-state index in [-0.39, 0.29) is 22.7 Å². The molecule has 0 saturated carbocycles. The first kappa shape index (κ1) is 20.4. The normalized spacial score (nSPS) is 13.8. The third-order valence-electron chi connectivity index (χ3n) is 6.25. The van der Waals surface area contributed by atoms with Crippen LogP contribution in [-0.2, 0) is 5.54 Å². The van der Waals surface area contributed by atoms with Crippen molar-refractivity contribution in [3.8, 4) is 11.3 Å². The van der Waals surface area contributed by atoms with Crippen LogP contribution >= 0.6 is 0 Å². The minimum Gasteiger partial charge on any atom is -0.436 e. The maximum absolute atomic E-state index is 13.3. The van der Waals surface area contributed by atoms with Gasteiger partial charge < -0.3 is 8.98 Å². The summed E-state index contributed by atoms with van der Waals surface area (Å²) in [7, 11) is 0. The molecular formula is C29H22N2O3. The number of benzene rings is 3. The minimum absolute atomic E-state index is 0.131. The molecule has 0 spiro atoms. The Morgan fingerprint density at radius 1 is 0.824 bits per heavy atom. The molecule has 5 nitrogen and oxygen atoms in total. The zero-order chi connectivity index (χ0) is 23.6. The van der Waals surface area contributed by atoms with Crippen LogP contribution in [0.3, 0.4) is 0 Å². The van der Waals surface area contributed by atoms with Crippen LogP contribution in [0.25, 0.3) is 39.4 Å². The predicted octanol–water partition coefficient (Wildman–Crippen LogP) is 6.67. The van der Waals surface area contributed by atoms with Gasteiger partial charge in [-0.1, -0.05) is 54.6 Å². The molecule has 3 aromatic carbocycles. The Kier molecular flexibility index (Phi) is 4.27. The van der Waals surface area contributed by atoms with Gasteiger partial charge in [0.1, 0.15) is 17.1 Å². The molecule has 0 saturated heterocycles. The summed E-state index contributed by atoms with van der Waals surface area (Å²) in [5.74, 6) is 0.712. The maximum Gasteiger partial charge on any atom is 0.245 e. The summed E-state index contributed by atoms with van der Waals surface area (Å²) in [6.45, 7) is 6.18. The molecule has 34 heavy (non-hydrogen) atoms. The van der Waals surface area contributed by atoms with E-state index in [1.54, 1.807) is 18.2 Å². The lowest BCUT2D eigenvalue weighted by Gasteiger charge is -2.23. The van der Waals surface area contributed by atoms with Crippen molar-refractivity contribution in [3.63, 3.8) is 0 Å². The van der Waals surface area contributed by atoms with Crippen LogP contribution in [0.15, 0.2) is 82.8 Å². The van der Waals surface area contributed by atoms with Crippen LogP contribution in [0, 0.1) is 0 Å². The molecule has 0 aliphatic heterocycles. The smallest absolute Gasteiger partial charge is 0.245 e. The molecule has 5 aromatic rings. The number of hydrogen-bond acceptors (Lipinski definition) is 4. The zero-order valence-electron chi connectivity index (χ0n) is 19.1. The lowest BCUT2D eigenvalue weighted by atomic mass is 10.0. The Morgan fingerprint density at radius 2 is 1.41 bits per heavy atom. The molecule has 0 fully saturated rings. The molecule has 1 aliphatic rings. The van der Waals surface area contributed by atoms with E-state index >= 15 is 0 Å². The Morgan fingerprint density at radius 3 is 2.00 bits per heavy atom. The van der Waals surface area contributed by atoms with Crippen LogP contribution in [-0.4, -0.2) is 21.1 Å². The van der Waals surface area contributed by atoms with Crippen molar-refractivity contribution in [3.05, 3.63) is 95.3 Å². The van der Waals surface area contributed by atoms with Crippen molar-refractivity contribution in [1.29, 1.82) is 0 Å². The van der Waals surface area contributed by atoms with Crippen molar-refractivity contribution in [2.75, 3.05) is 0 Å². The molecule has 0 radical (unpaired) electrons. The number of carbonyl (C=O) groups is 2. The van der Waals surface area contributed by atoms with Gasteiger partial charge in [0.2, 0.25) is 5.71 Å². The summed E-state index contributed by atoms with van der Waals surface area (Å²) >= 11 is 0. The topological polar surface area (TPSA) is 65.1 Å². The second-order valence-corrected chi connectivity index (χ2v) is 9.60. The van der Waals surface area contributed by atoms with Crippen molar-refractivity contribution in [1.82, 2.24) is 9.55 Å². The first-order valence-corrected chi connectivity index (χ1v) is 11.2. The maximum atomic E-state index is 13.3. The second-order valence-electron chi connectivity index (χ2n) is 9.60. The van der Waals surface area contributed by atoms with Gasteiger partial charge in [-0.3, -0.25) is 9.59 Å². The Labute approximate surface area is 196 Å². The fraction of sp³-hybridized carbons (Fsp3) is 0.138. The van der Waals surface area contributed by atoms with Crippen LogP contribution in [0.5, 0.6) is 0 Å². The molecule has 2 aromatic heterocycles. The third kappa shape index (κ3) is 3.05. The quantitative estimate of drug-likeness (QED) is 0.224. The van der Waals surface area contributed by atoms with Gasteiger partial charge in [0.15, 0.2) is 11.6 Å². The largest absolute Gasteiger partial charge is 0.436 e. The molecule has 0 atom stereocenters. The van der Waals surface area contributed by atoms with E-state index in [1.807, 2.05) is 65.2 Å². The average molecular weight is 447 g/mol. The fourth-order valence-electron chi connectivity index (χ4n) is 4.71. The number of carbonyl (C=O) groups excluding carboxylic acids is 2. The molecule has 0 unspecified atom stereocenters. The molecule has 6 rings (SSSR count). The van der Waals surface area contributed by atoms with Crippen LogP contribution in [0.2, 0.25) is 0 Å². The molecule has 5 heteroatoms. The van der Waals surface area contributed by atoms with Crippen LogP contribution in [0.4, 0.5) is 0 Å². The highest BCUT2D eigenvalue weighted by Gasteiger charge is 2.34. The summed E-state index contributed by atoms with van der Waals surface area (Å²) in [6.07, 6.45) is 1.61. The summed E-state index contributed by atoms with van der Waals surface area (Å²) in [4.78, 5) is 31.2. The minimum atomic E-state index is -0.356. The number of allylic oxidation sites excluding steroid dienone is 1. The number of hydrogen-bond donors (Lipinski definition) is 0. The molecule has 2 heterocycles. The number of fused-ring (bicyclic) bond motifs is 3. The van der Waals surface area contributed by atoms with E-state index in [0.29, 0.717) is 22.7 Å². The first-order chi connectivity index (χ1) is 16.3. The number of nitrogens with zero attached hydrogens (tertiary/aromatic N) is 2. The van der Waals surface area contributed by atoms with Crippen molar-refractivity contribution in [2.24, 2.45) is 0 Å². The summed E-state index contributed by atoms with van der Waals surface area (Å²) in [5, 5.41) is 1.87. The van der Waals surface area contributed by atoms with Gasteiger partial charge in [0, 0.05) is 28.3 Å². The number of aromatic nitrogens is 2. The fourth-order valence-corrected chi connectivity index (χ4v) is 4.71. The van der Waals surface area contributed by atoms with Gasteiger partial charge in [-0.2, -0.15) is 4.98 Å². The summed E-state index contributed by atoms with van der Waals surface area (Å²) in [6, 6.07) is 23.2. The monoisotopic (exact) mass is 446 g/mol. The molecule has 0 N–H and O–H groups in total. The highest BCUT2D eigenvalue weighted by atomic mass is 16.3. The van der Waals surface area contributed by atoms with Crippen molar-refractivity contribution in [2.45, 2.75) is 26.3 Å². The zero-order valence-corrected chi connectivity index (χ0v) is 19.1. The lowest BCUT2D eigenvalue weighted by molar-refractivity contribution is 0.0990. The molecular weight excluding hydrogens is 424 g/mol. The third-order valence-corrected chi connectivity index (χ3v) is 6.25. The number of rotatable bonds is 2. The van der Waals surface area contributed by atoms with E-state index < -0.39 is 0 Å². The van der Waals surface area contributed by atoms with Gasteiger partial charge in [0.05, 0.1) is 5.57 Å². The van der Waals surface area contributed by atoms with Crippen LogP contribution < -0.4 is 0 Å². The van der Waals surface area contributed by atoms with E-state index in [9.17, 15) is 9.59 Å². The van der Waals surface area contributed by atoms with Crippen molar-refractivity contribution >= 4 is 39.6 Å². The highest BCUT2D eigenvalue weighted by Crippen LogP contribution is 2.35. The summed E-state index contributed by atoms with van der Waals surface area (Å²) < 4.78 is 8.09. The first-order valence-electron chi connectivity index (χ1n) is 11.2. The Hall–Kier alpha value is -4.25. The van der Waals surface area contributed by atoms with E-state index in [0.717, 1.165) is 27.6 Å². The highest BCUT2D eigenvalue weighted by molar-refractivity contribution is 6.42. The number of imidazole rings is 1. The number of Topliss-reactive ketones (excluding diaryl/α,β-unsaturated/α-hetero) is 2. The molecule has 166 valence electrons. The summed E-state index contributed by atoms with van der Waals surface area (Å²) in [5.41, 5.74) is 2.92. The SMILES string of the molecule is CC(C)(C)n1c(C=C2C(=O)c3cc4ccccc4cc3C2=O)nc2oc(-c3ccccc3)cc21. The second kappa shape index (κ2) is 7.12. The van der Waals surface area contributed by atoms with Gasteiger partial charge in [0.25, 0.3) is 0 Å². The van der Waals surface area contributed by atoms with Gasteiger partial charge >= 0.3 is 0 Å². The average Bonchev–Trinajstić information content (AvgIpc) is 3.44. The van der Waals surface area contributed by atoms with Gasteiger partial charge in [-0.05, 0) is 49.8 Å². The molecule has 0 bridgehead atoms. The van der Waals surface area contributed by atoms with Crippen LogP contribution in [0.1, 0.15) is 47.3 Å².